The van der Waals surface area contributed by atoms with Crippen molar-refractivity contribution >= 4 is 29.9 Å². The van der Waals surface area contributed by atoms with Crippen LogP contribution in [-0.2, 0) is 6.42 Å². The van der Waals surface area contributed by atoms with Gasteiger partial charge in [0.05, 0.1) is 13.2 Å². The third-order valence-electron chi connectivity index (χ3n) is 4.13. The lowest BCUT2D eigenvalue weighted by Crippen LogP contribution is -2.39. The molecule has 0 bridgehead atoms. The number of benzene rings is 2. The molecule has 0 radical (unpaired) electrons. The third-order valence-corrected chi connectivity index (χ3v) is 4.13. The molecule has 1 unspecified atom stereocenters. The van der Waals surface area contributed by atoms with E-state index in [2.05, 4.69) is 35.5 Å². The average molecular weight is 483 g/mol. The average Bonchev–Trinajstić information content (AvgIpc) is 2.62. The Bertz CT molecular complexity index is 750. The summed E-state index contributed by atoms with van der Waals surface area (Å²) in [6.07, 6.45) is 0.771. The zero-order valence-corrected chi connectivity index (χ0v) is 18.8. The SMILES string of the molecule is CCNC(=NCCc1cccc(O)c1)NC(C)c1cc(C)ccc1OC.I. The van der Waals surface area contributed by atoms with Crippen LogP contribution in [0, 0.1) is 6.92 Å². The van der Waals surface area contributed by atoms with Gasteiger partial charge in [-0.25, -0.2) is 0 Å². The second-order valence-corrected chi connectivity index (χ2v) is 6.29. The molecule has 2 aromatic carbocycles. The number of methoxy groups -OCH3 is 1. The van der Waals surface area contributed by atoms with Gasteiger partial charge in [0.15, 0.2) is 5.96 Å². The largest absolute Gasteiger partial charge is 0.508 e. The first-order valence-corrected chi connectivity index (χ1v) is 9.00. The topological polar surface area (TPSA) is 65.9 Å². The first kappa shape index (κ1) is 23.1. The van der Waals surface area contributed by atoms with Gasteiger partial charge in [-0.05, 0) is 51.0 Å². The normalized spacial score (nSPS) is 12.1. The van der Waals surface area contributed by atoms with E-state index < -0.39 is 0 Å². The van der Waals surface area contributed by atoms with E-state index in [4.69, 9.17) is 4.74 Å². The number of phenolic OH excluding ortho intramolecular Hbond substituents is 1. The number of ether oxygens (including phenoxy) is 1. The van der Waals surface area contributed by atoms with Crippen molar-refractivity contribution in [3.05, 3.63) is 59.2 Å². The Morgan fingerprint density at radius 1 is 1.22 bits per heavy atom. The molecule has 148 valence electrons. The lowest BCUT2D eigenvalue weighted by Gasteiger charge is -2.20. The van der Waals surface area contributed by atoms with E-state index in [1.54, 1.807) is 19.2 Å². The standard InChI is InChI=1S/C21H29N3O2.HI/c1-5-22-21(23-12-11-17-7-6-8-18(25)14-17)24-16(3)19-13-15(2)9-10-20(19)26-4;/h6-10,13-14,16,25H,5,11-12H2,1-4H3,(H2,22,23,24);1H. The predicted molar refractivity (Wildman–Crippen MR) is 122 cm³/mol. The summed E-state index contributed by atoms with van der Waals surface area (Å²) in [6.45, 7) is 7.64. The Morgan fingerprint density at radius 3 is 2.67 bits per heavy atom. The van der Waals surface area contributed by atoms with E-state index >= 15 is 0 Å². The van der Waals surface area contributed by atoms with Gasteiger partial charge in [-0.1, -0.05) is 29.8 Å². The van der Waals surface area contributed by atoms with Crippen molar-refractivity contribution in [1.29, 1.82) is 0 Å². The molecule has 2 rings (SSSR count). The summed E-state index contributed by atoms with van der Waals surface area (Å²) >= 11 is 0. The summed E-state index contributed by atoms with van der Waals surface area (Å²) in [6, 6.07) is 13.5. The Morgan fingerprint density at radius 2 is 2.00 bits per heavy atom. The number of aromatic hydroxyl groups is 1. The first-order valence-electron chi connectivity index (χ1n) is 9.00. The maximum absolute atomic E-state index is 9.55. The van der Waals surface area contributed by atoms with Crippen LogP contribution >= 0.6 is 24.0 Å². The van der Waals surface area contributed by atoms with Crippen molar-refractivity contribution in [3.63, 3.8) is 0 Å². The van der Waals surface area contributed by atoms with Crippen LogP contribution < -0.4 is 15.4 Å². The Kier molecular flexibility index (Phi) is 9.99. The van der Waals surface area contributed by atoms with Gasteiger partial charge in [0.1, 0.15) is 11.5 Å². The fourth-order valence-electron chi connectivity index (χ4n) is 2.80. The van der Waals surface area contributed by atoms with Crippen molar-refractivity contribution in [2.45, 2.75) is 33.2 Å². The van der Waals surface area contributed by atoms with Gasteiger partial charge in [-0.15, -0.1) is 24.0 Å². The first-order chi connectivity index (χ1) is 12.5. The lowest BCUT2D eigenvalue weighted by atomic mass is 10.0. The van der Waals surface area contributed by atoms with Crippen molar-refractivity contribution in [1.82, 2.24) is 10.6 Å². The molecule has 0 aliphatic carbocycles. The molecule has 0 saturated heterocycles. The van der Waals surface area contributed by atoms with Gasteiger partial charge in [-0.3, -0.25) is 4.99 Å². The number of nitrogens with zero attached hydrogens (tertiary/aromatic N) is 1. The summed E-state index contributed by atoms with van der Waals surface area (Å²) in [5, 5.41) is 16.3. The smallest absolute Gasteiger partial charge is 0.191 e. The Labute approximate surface area is 179 Å². The number of halogens is 1. The number of rotatable bonds is 7. The van der Waals surface area contributed by atoms with Crippen LogP contribution in [0.4, 0.5) is 0 Å². The van der Waals surface area contributed by atoms with Crippen molar-refractivity contribution < 1.29 is 9.84 Å². The minimum atomic E-state index is 0. The maximum Gasteiger partial charge on any atom is 0.191 e. The van der Waals surface area contributed by atoms with E-state index in [1.807, 2.05) is 31.2 Å². The molecule has 3 N–H and O–H groups in total. The zero-order valence-electron chi connectivity index (χ0n) is 16.5. The van der Waals surface area contributed by atoms with Crippen LogP contribution in [0.2, 0.25) is 0 Å². The highest BCUT2D eigenvalue weighted by Crippen LogP contribution is 2.25. The Hall–Kier alpha value is -1.96. The molecule has 0 saturated carbocycles. The monoisotopic (exact) mass is 483 g/mol. The summed E-state index contributed by atoms with van der Waals surface area (Å²) in [4.78, 5) is 4.65. The molecular formula is C21H30IN3O2. The quantitative estimate of drug-likeness (QED) is 0.314. The van der Waals surface area contributed by atoms with E-state index in [-0.39, 0.29) is 35.8 Å². The minimum absolute atomic E-state index is 0. The van der Waals surface area contributed by atoms with E-state index in [0.29, 0.717) is 6.54 Å². The van der Waals surface area contributed by atoms with Crippen LogP contribution in [0.3, 0.4) is 0 Å². The fourth-order valence-corrected chi connectivity index (χ4v) is 2.80. The summed E-state index contributed by atoms with van der Waals surface area (Å²) in [5.41, 5.74) is 3.37. The fraction of sp³-hybridized carbons (Fsp3) is 0.381. The molecule has 0 aliphatic heterocycles. The highest BCUT2D eigenvalue weighted by Gasteiger charge is 2.13. The lowest BCUT2D eigenvalue weighted by molar-refractivity contribution is 0.405. The number of aliphatic imine (C=N–C) groups is 1. The van der Waals surface area contributed by atoms with E-state index in [0.717, 1.165) is 35.8 Å². The van der Waals surface area contributed by atoms with Crippen molar-refractivity contribution in [2.24, 2.45) is 4.99 Å². The number of hydrogen-bond donors (Lipinski definition) is 3. The van der Waals surface area contributed by atoms with Crippen LogP contribution in [0.1, 0.15) is 36.6 Å². The third kappa shape index (κ3) is 7.28. The molecular weight excluding hydrogens is 453 g/mol. The van der Waals surface area contributed by atoms with Gasteiger partial charge >= 0.3 is 0 Å². The number of nitrogens with one attached hydrogen (secondary N) is 2. The number of guanidine groups is 1. The van der Waals surface area contributed by atoms with Gasteiger partial charge in [-0.2, -0.15) is 0 Å². The molecule has 0 heterocycles. The highest BCUT2D eigenvalue weighted by molar-refractivity contribution is 14.0. The number of aryl methyl sites for hydroxylation is 1. The van der Waals surface area contributed by atoms with Gasteiger partial charge in [0.25, 0.3) is 0 Å². The van der Waals surface area contributed by atoms with Crippen LogP contribution in [0.15, 0.2) is 47.5 Å². The predicted octanol–water partition coefficient (Wildman–Crippen LogP) is 4.19. The second kappa shape index (κ2) is 11.7. The molecule has 6 heteroatoms. The minimum Gasteiger partial charge on any atom is -0.508 e. The summed E-state index contributed by atoms with van der Waals surface area (Å²) in [7, 11) is 1.69. The van der Waals surface area contributed by atoms with E-state index in [1.165, 1.54) is 5.56 Å². The van der Waals surface area contributed by atoms with Gasteiger partial charge in [0, 0.05) is 18.7 Å². The molecule has 5 nitrogen and oxygen atoms in total. The molecule has 27 heavy (non-hydrogen) atoms. The van der Waals surface area contributed by atoms with Gasteiger partial charge in [0.2, 0.25) is 0 Å². The molecule has 0 fully saturated rings. The molecule has 2 aromatic rings. The van der Waals surface area contributed by atoms with Crippen LogP contribution in [0.25, 0.3) is 0 Å². The molecule has 0 spiro atoms. The van der Waals surface area contributed by atoms with Crippen LogP contribution in [0.5, 0.6) is 11.5 Å². The highest BCUT2D eigenvalue weighted by atomic mass is 127. The van der Waals surface area contributed by atoms with Gasteiger partial charge < -0.3 is 20.5 Å². The number of phenols is 1. The number of hydrogen-bond acceptors (Lipinski definition) is 3. The molecule has 0 aliphatic rings. The van der Waals surface area contributed by atoms with Crippen molar-refractivity contribution in [2.75, 3.05) is 20.2 Å². The van der Waals surface area contributed by atoms with Crippen molar-refractivity contribution in [3.8, 4) is 11.5 Å². The van der Waals surface area contributed by atoms with Crippen LogP contribution in [-0.4, -0.2) is 31.3 Å². The Balaban J connectivity index is 0.00000364. The maximum atomic E-state index is 9.55. The summed E-state index contributed by atoms with van der Waals surface area (Å²) < 4.78 is 5.49. The molecule has 0 aromatic heterocycles. The molecule has 0 amide bonds. The van der Waals surface area contributed by atoms with E-state index in [9.17, 15) is 5.11 Å². The second-order valence-electron chi connectivity index (χ2n) is 6.29. The zero-order chi connectivity index (χ0) is 18.9. The summed E-state index contributed by atoms with van der Waals surface area (Å²) in [5.74, 6) is 1.92. The molecule has 1 atom stereocenters.